The average molecular weight is 441 g/mol. The first kappa shape index (κ1) is 20.9. The molecule has 174 valence electrons. The van der Waals surface area contributed by atoms with Gasteiger partial charge in [0.15, 0.2) is 0 Å². The van der Waals surface area contributed by atoms with Crippen LogP contribution in [0.3, 0.4) is 0 Å². The fraction of sp³-hybridized carbons (Fsp3) is 0.760. The third-order valence-corrected chi connectivity index (χ3v) is 8.86. The van der Waals surface area contributed by atoms with Gasteiger partial charge in [0.05, 0.1) is 18.8 Å². The zero-order valence-electron chi connectivity index (χ0n) is 18.9. The first-order chi connectivity index (χ1) is 15.6. The molecule has 1 amide bonds. The highest BCUT2D eigenvalue weighted by Gasteiger charge is 2.55. The smallest absolute Gasteiger partial charge is 0.270 e. The molecule has 0 aromatic carbocycles. The number of pyridine rings is 1. The van der Waals surface area contributed by atoms with Crippen molar-refractivity contribution >= 4 is 11.7 Å². The van der Waals surface area contributed by atoms with Gasteiger partial charge in [-0.2, -0.15) is 0 Å². The van der Waals surface area contributed by atoms with E-state index < -0.39 is 5.60 Å². The van der Waals surface area contributed by atoms with Crippen molar-refractivity contribution in [3.05, 3.63) is 23.9 Å². The molecular weight excluding hydrogens is 404 g/mol. The van der Waals surface area contributed by atoms with Gasteiger partial charge < -0.3 is 20.1 Å². The van der Waals surface area contributed by atoms with E-state index in [0.29, 0.717) is 29.5 Å². The Kier molecular flexibility index (Phi) is 5.39. The summed E-state index contributed by atoms with van der Waals surface area (Å²) >= 11 is 0. The number of amides is 1. The van der Waals surface area contributed by atoms with Crippen molar-refractivity contribution in [3.8, 4) is 0 Å². The summed E-state index contributed by atoms with van der Waals surface area (Å²) in [7, 11) is 0. The van der Waals surface area contributed by atoms with Crippen LogP contribution < -0.4 is 10.2 Å². The number of aliphatic hydroxyl groups is 1. The first-order valence-corrected chi connectivity index (χ1v) is 12.6. The molecule has 6 fully saturated rings. The molecule has 1 aromatic heterocycles. The maximum absolute atomic E-state index is 13.1. The predicted molar refractivity (Wildman–Crippen MR) is 122 cm³/mol. The van der Waals surface area contributed by atoms with E-state index in [2.05, 4.69) is 15.1 Å². The molecule has 2 atom stereocenters. The third-order valence-electron chi connectivity index (χ3n) is 8.86. The molecule has 3 heterocycles. The molecule has 4 bridgehead atoms. The molecule has 7 heteroatoms. The molecule has 2 saturated heterocycles. The zero-order chi connectivity index (χ0) is 21.7. The lowest BCUT2D eigenvalue weighted by Crippen LogP contribution is -2.61. The number of ether oxygens (including phenoxy) is 1. The monoisotopic (exact) mass is 440 g/mol. The Morgan fingerprint density at radius 3 is 2.47 bits per heavy atom. The molecule has 7 rings (SSSR count). The van der Waals surface area contributed by atoms with Crippen LogP contribution in [0.25, 0.3) is 0 Å². The van der Waals surface area contributed by atoms with E-state index in [4.69, 9.17) is 9.72 Å². The highest BCUT2D eigenvalue weighted by molar-refractivity contribution is 5.93. The van der Waals surface area contributed by atoms with Crippen LogP contribution in [0.4, 0.5) is 5.82 Å². The van der Waals surface area contributed by atoms with Gasteiger partial charge in [-0.15, -0.1) is 0 Å². The largest absolute Gasteiger partial charge is 0.390 e. The van der Waals surface area contributed by atoms with Gasteiger partial charge in [-0.1, -0.05) is 6.07 Å². The summed E-state index contributed by atoms with van der Waals surface area (Å²) in [6.07, 6.45) is 7.21. The molecule has 2 N–H and O–H groups in total. The zero-order valence-corrected chi connectivity index (χ0v) is 18.9. The molecule has 6 aliphatic rings. The Hall–Kier alpha value is -1.70. The third kappa shape index (κ3) is 3.93. The van der Waals surface area contributed by atoms with Crippen molar-refractivity contribution in [1.29, 1.82) is 0 Å². The Morgan fingerprint density at radius 1 is 1.06 bits per heavy atom. The normalized spacial score (nSPS) is 37.6. The van der Waals surface area contributed by atoms with Gasteiger partial charge in [-0.3, -0.25) is 9.69 Å². The van der Waals surface area contributed by atoms with E-state index in [9.17, 15) is 9.90 Å². The van der Waals surface area contributed by atoms with Crippen molar-refractivity contribution in [2.75, 3.05) is 44.3 Å². The minimum Gasteiger partial charge on any atom is -0.390 e. The van der Waals surface area contributed by atoms with Crippen LogP contribution in [0.5, 0.6) is 0 Å². The second kappa shape index (κ2) is 8.26. The molecule has 4 aliphatic carbocycles. The van der Waals surface area contributed by atoms with Crippen LogP contribution in [-0.2, 0) is 4.74 Å². The van der Waals surface area contributed by atoms with Crippen LogP contribution in [0.1, 0.15) is 55.4 Å². The first-order valence-electron chi connectivity index (χ1n) is 12.6. The lowest BCUT2D eigenvalue weighted by molar-refractivity contribution is -0.136. The molecular formula is C25H36N4O3. The fourth-order valence-corrected chi connectivity index (χ4v) is 7.57. The fourth-order valence-electron chi connectivity index (χ4n) is 7.57. The second-order valence-corrected chi connectivity index (χ2v) is 10.9. The lowest BCUT2D eigenvalue weighted by atomic mass is 9.52. The molecule has 0 spiro atoms. The number of hydrogen-bond donors (Lipinski definition) is 2. The van der Waals surface area contributed by atoms with E-state index in [0.717, 1.165) is 90.2 Å². The molecule has 0 radical (unpaired) electrons. The summed E-state index contributed by atoms with van der Waals surface area (Å²) in [6, 6.07) is 6.65. The van der Waals surface area contributed by atoms with Crippen molar-refractivity contribution in [2.45, 2.75) is 62.6 Å². The molecule has 32 heavy (non-hydrogen) atoms. The maximum Gasteiger partial charge on any atom is 0.270 e. The molecule has 1 aromatic rings. The van der Waals surface area contributed by atoms with E-state index in [1.54, 1.807) is 0 Å². The van der Waals surface area contributed by atoms with Crippen LogP contribution in [0, 0.1) is 17.8 Å². The van der Waals surface area contributed by atoms with E-state index in [-0.39, 0.29) is 11.9 Å². The highest BCUT2D eigenvalue weighted by Crippen LogP contribution is 2.55. The van der Waals surface area contributed by atoms with E-state index in [1.165, 1.54) is 0 Å². The predicted octanol–water partition coefficient (Wildman–Crippen LogP) is 2.05. The number of hydrogen-bond acceptors (Lipinski definition) is 6. The van der Waals surface area contributed by atoms with Gasteiger partial charge in [0, 0.05) is 38.3 Å². The van der Waals surface area contributed by atoms with Gasteiger partial charge in [0.2, 0.25) is 0 Å². The number of carbonyl (C=O) groups is 1. The second-order valence-electron chi connectivity index (χ2n) is 10.9. The minimum absolute atomic E-state index is 0.0560. The Balaban J connectivity index is 1.08. The lowest BCUT2D eigenvalue weighted by Gasteiger charge is -2.58. The van der Waals surface area contributed by atoms with Gasteiger partial charge in [0.1, 0.15) is 11.5 Å². The van der Waals surface area contributed by atoms with Gasteiger partial charge >= 0.3 is 0 Å². The molecule has 7 nitrogen and oxygen atoms in total. The van der Waals surface area contributed by atoms with Crippen molar-refractivity contribution in [3.63, 3.8) is 0 Å². The number of piperidine rings is 1. The van der Waals surface area contributed by atoms with Crippen LogP contribution >= 0.6 is 0 Å². The van der Waals surface area contributed by atoms with Crippen molar-refractivity contribution < 1.29 is 14.6 Å². The van der Waals surface area contributed by atoms with Gasteiger partial charge in [-0.05, 0) is 74.8 Å². The molecule has 4 saturated carbocycles. The number of rotatable bonds is 4. The molecule has 2 aliphatic heterocycles. The number of carbonyl (C=O) groups excluding carboxylic acids is 1. The maximum atomic E-state index is 13.1. The number of nitrogens with one attached hydrogen (secondary N) is 1. The van der Waals surface area contributed by atoms with E-state index in [1.807, 2.05) is 18.2 Å². The topological polar surface area (TPSA) is 77.9 Å². The number of morpholine rings is 1. The SMILES string of the molecule is O=C(N[C@H]1C2CC3CC1C[C@](O)(C3)C2)c1cccc(N2CCC(N3CCOCC3)CC2)n1. The average Bonchev–Trinajstić information content (AvgIpc) is 2.81. The Morgan fingerprint density at radius 2 is 1.78 bits per heavy atom. The van der Waals surface area contributed by atoms with E-state index >= 15 is 0 Å². The summed E-state index contributed by atoms with van der Waals surface area (Å²) in [5.74, 6) is 2.33. The quantitative estimate of drug-likeness (QED) is 0.746. The number of anilines is 1. The summed E-state index contributed by atoms with van der Waals surface area (Å²) in [6.45, 7) is 5.74. The Labute approximate surface area is 190 Å². The number of aromatic nitrogens is 1. The van der Waals surface area contributed by atoms with Crippen LogP contribution in [0.15, 0.2) is 18.2 Å². The van der Waals surface area contributed by atoms with Crippen LogP contribution in [-0.4, -0.2) is 78.0 Å². The number of nitrogens with zero attached hydrogens (tertiary/aromatic N) is 3. The summed E-state index contributed by atoms with van der Waals surface area (Å²) in [4.78, 5) is 22.8. The highest BCUT2D eigenvalue weighted by atomic mass is 16.5. The van der Waals surface area contributed by atoms with Crippen LogP contribution in [0.2, 0.25) is 0 Å². The standard InChI is InChI=1S/C25H36N4O3/c30-24(27-23-18-12-17-13-19(23)16-25(31,14-17)15-18)21-2-1-3-22(26-21)29-6-4-20(5-7-29)28-8-10-32-11-9-28/h1-3,17-20,23,31H,4-16H2,(H,27,30)/t17?,18?,19?,23-,25-. The summed E-state index contributed by atoms with van der Waals surface area (Å²) < 4.78 is 5.49. The minimum atomic E-state index is -0.469. The summed E-state index contributed by atoms with van der Waals surface area (Å²) in [5, 5.41) is 14.1. The van der Waals surface area contributed by atoms with Crippen molar-refractivity contribution in [1.82, 2.24) is 15.2 Å². The van der Waals surface area contributed by atoms with Gasteiger partial charge in [0.25, 0.3) is 5.91 Å². The molecule has 2 unspecified atom stereocenters. The summed E-state index contributed by atoms with van der Waals surface area (Å²) in [5.41, 5.74) is 0.0498. The van der Waals surface area contributed by atoms with Gasteiger partial charge in [-0.25, -0.2) is 4.98 Å². The Bertz CT molecular complexity index is 833. The van der Waals surface area contributed by atoms with Crippen molar-refractivity contribution in [2.24, 2.45) is 17.8 Å².